The molecule has 0 unspecified atom stereocenters. The van der Waals surface area contributed by atoms with Gasteiger partial charge in [0.2, 0.25) is 0 Å². The monoisotopic (exact) mass is 567 g/mol. The van der Waals surface area contributed by atoms with E-state index in [4.69, 9.17) is 15.9 Å². The molecule has 0 aliphatic heterocycles. The van der Waals surface area contributed by atoms with Crippen LogP contribution in [0.4, 0.5) is 0 Å². The molecule has 0 rings (SSSR count). The maximum absolute atomic E-state index is 12.0. The summed E-state index contributed by atoms with van der Waals surface area (Å²) in [6.07, 6.45) is 12.1. The van der Waals surface area contributed by atoms with Crippen LogP contribution in [0.5, 0.6) is 0 Å². The molecule has 0 fully saturated rings. The third kappa shape index (κ3) is 32.8. The Balaban J connectivity index is -0.0000000825. The largest absolute Gasteiger partial charge is 1.00 e. The molecule has 9 nitrogen and oxygen atoms in total. The minimum atomic E-state index is -5.30. The summed E-state index contributed by atoms with van der Waals surface area (Å²) in [5.41, 5.74) is 0. The van der Waals surface area contributed by atoms with E-state index in [1.807, 2.05) is 0 Å². The summed E-state index contributed by atoms with van der Waals surface area (Å²) in [4.78, 5) is 45.1. The van der Waals surface area contributed by atoms with E-state index >= 15 is 0 Å². The van der Waals surface area contributed by atoms with Crippen molar-refractivity contribution in [2.45, 2.75) is 70.8 Å². The Morgan fingerprint density at radius 3 is 1.92 bits per heavy atom. The molecule has 0 aliphatic carbocycles. The summed E-state index contributed by atoms with van der Waals surface area (Å²) < 4.78 is 24.8. The normalized spacial score (nSPS) is 9.46. The van der Waals surface area contributed by atoms with E-state index in [1.54, 1.807) is 0 Å². The zero-order valence-electron chi connectivity index (χ0n) is 21.9. The Labute approximate surface area is 278 Å². The minimum Gasteiger partial charge on any atom is -0.790 e. The van der Waals surface area contributed by atoms with Gasteiger partial charge in [-0.25, -0.2) is 4.79 Å². The van der Waals surface area contributed by atoms with Crippen molar-refractivity contribution < 1.29 is 110 Å². The summed E-state index contributed by atoms with van der Waals surface area (Å²) in [5, 5.41) is 0. The van der Waals surface area contributed by atoms with Crippen LogP contribution >= 0.6 is 7.82 Å². The van der Waals surface area contributed by atoms with Gasteiger partial charge in [0.05, 0.1) is 14.4 Å². The minimum absolute atomic E-state index is 0. The van der Waals surface area contributed by atoms with E-state index in [-0.39, 0.29) is 84.5 Å². The molecule has 208 valence electrons. The Kier molecular flexibility index (Phi) is 34.0. The number of hydrogen-bond acceptors (Lipinski definition) is 9. The van der Waals surface area contributed by atoms with Gasteiger partial charge >= 0.3 is 71.1 Å². The van der Waals surface area contributed by atoms with Crippen LogP contribution in [0.3, 0.4) is 0 Å². The van der Waals surface area contributed by atoms with Crippen LogP contribution in [0, 0.1) is 59.7 Å². The fourth-order valence-corrected chi connectivity index (χ4v) is 2.77. The predicted octanol–water partition coefficient (Wildman–Crippen LogP) is -2.15. The van der Waals surface area contributed by atoms with Crippen LogP contribution in [0.1, 0.15) is 77.6 Å². The molecule has 0 amide bonds. The first-order chi connectivity index (χ1) is 16.3. The first-order valence-electron chi connectivity index (χ1n) is 10.8. The average molecular weight is 568 g/mol. The van der Waals surface area contributed by atoms with Gasteiger partial charge in [-0.2, -0.15) is 0 Å². The fourth-order valence-electron chi connectivity index (χ4n) is 2.42. The van der Waals surface area contributed by atoms with E-state index in [0.717, 1.165) is 25.7 Å². The number of unbranched alkanes of at least 4 members (excludes halogenated alkanes) is 7. The van der Waals surface area contributed by atoms with Crippen molar-refractivity contribution in [1.82, 2.24) is 6.15 Å². The topological polar surface area (TPSA) is 160 Å². The van der Waals surface area contributed by atoms with E-state index in [2.05, 4.69) is 64.7 Å². The zero-order valence-corrected chi connectivity index (χ0v) is 26.7. The molecule has 0 spiro atoms. The molecule has 12 heteroatoms. The van der Waals surface area contributed by atoms with E-state index in [1.165, 1.54) is 19.3 Å². The summed E-state index contributed by atoms with van der Waals surface area (Å²) in [6.45, 7) is 0.826. The second-order valence-corrected chi connectivity index (χ2v) is 7.98. The van der Waals surface area contributed by atoms with Crippen molar-refractivity contribution >= 4 is 19.8 Å². The molecular weight excluding hydrogens is 519 g/mol. The van der Waals surface area contributed by atoms with Crippen LogP contribution in [-0.2, 0) is 28.2 Å². The SMILES string of the molecule is C#CC#CC#CC#CC#CC(=O)OC[C@H](COP(=O)([O-])[O-])OC(=O)CCCCCCCCCC.N.[HH].[HH].[HH].[HH].[HH].[HH].[HH].[HH].[HH].[Na+].[Na+]. The first-order valence-corrected chi connectivity index (χ1v) is 12.2. The summed E-state index contributed by atoms with van der Waals surface area (Å²) in [6, 6.07) is 0. The van der Waals surface area contributed by atoms with Gasteiger partial charge in [-0.05, 0) is 53.8 Å². The second-order valence-electron chi connectivity index (χ2n) is 6.82. The number of terminal acetylenes is 1. The van der Waals surface area contributed by atoms with Crippen LogP contribution < -0.4 is 75.1 Å². The average Bonchev–Trinajstić information content (AvgIpc) is 2.78. The van der Waals surface area contributed by atoms with Crippen molar-refractivity contribution in [3.63, 3.8) is 0 Å². The van der Waals surface area contributed by atoms with E-state index < -0.39 is 39.1 Å². The first kappa shape index (κ1) is 42.9. The van der Waals surface area contributed by atoms with Gasteiger partial charge in [0.25, 0.3) is 0 Å². The Bertz CT molecular complexity index is 1020. The fraction of sp³-hybridized carbons (Fsp3) is 0.520. The van der Waals surface area contributed by atoms with Crippen LogP contribution in [-0.4, -0.2) is 31.3 Å². The number of carbonyl (C=O) groups excluding carboxylic acids is 2. The molecule has 0 aromatic rings. The molecule has 0 aliphatic rings. The van der Waals surface area contributed by atoms with Crippen molar-refractivity contribution in [1.29, 1.82) is 0 Å². The third-order valence-electron chi connectivity index (χ3n) is 3.96. The van der Waals surface area contributed by atoms with Crippen LogP contribution in [0.2, 0.25) is 0 Å². The third-order valence-corrected chi connectivity index (χ3v) is 4.43. The van der Waals surface area contributed by atoms with Crippen molar-refractivity contribution in [3.8, 4) is 59.7 Å². The Morgan fingerprint density at radius 1 is 0.865 bits per heavy atom. The number of phosphoric ester groups is 1. The van der Waals surface area contributed by atoms with Gasteiger partial charge in [-0.15, -0.1) is 6.42 Å². The number of esters is 2. The molecule has 1 atom stereocenters. The van der Waals surface area contributed by atoms with Crippen LogP contribution in [0.15, 0.2) is 0 Å². The van der Waals surface area contributed by atoms with Crippen molar-refractivity contribution in [2.24, 2.45) is 0 Å². The maximum Gasteiger partial charge on any atom is 1.00 e. The molecule has 3 N–H and O–H groups in total. The van der Waals surface area contributed by atoms with Gasteiger partial charge in [-0.3, -0.25) is 4.79 Å². The smallest absolute Gasteiger partial charge is 0.790 e. The molecular formula is C25H48NNa2O8P. The summed E-state index contributed by atoms with van der Waals surface area (Å²) >= 11 is 0. The number of ether oxygens (including phenoxy) is 2. The van der Waals surface area contributed by atoms with Gasteiger partial charge in [0, 0.05) is 25.2 Å². The van der Waals surface area contributed by atoms with Gasteiger partial charge in [0.1, 0.15) is 6.61 Å². The summed E-state index contributed by atoms with van der Waals surface area (Å²) in [5.74, 6) is 18.5. The predicted molar refractivity (Wildman–Crippen MR) is 146 cm³/mol. The molecule has 0 heterocycles. The number of carbonyl (C=O) groups is 2. The van der Waals surface area contributed by atoms with Gasteiger partial charge < -0.3 is 34.5 Å². The van der Waals surface area contributed by atoms with E-state index in [0.29, 0.717) is 6.42 Å². The second kappa shape index (κ2) is 29.4. The number of phosphoric acid groups is 1. The van der Waals surface area contributed by atoms with Crippen molar-refractivity contribution in [2.75, 3.05) is 13.2 Å². The van der Waals surface area contributed by atoms with Crippen LogP contribution in [0.25, 0.3) is 0 Å². The maximum atomic E-state index is 12.0. The standard InChI is InChI=1S/C25H29O8P.H3N.2Na.9H2/c1-3-5-7-9-11-13-15-17-19-24(26)31-21-23(22-32-34(28,29)30)33-25(27)20-18-16-14-12-10-8-6-4-2;;;;;;;;;;;;/h1,23H,4,6,8,10,12,14,16,18,20-22H2,2H3,(H2,28,29,30);1H3;;;9*1H/q;;2*+1;;;;;;;;;/p-2/t23-;;;;;;;;;;;;/m1............/s1. The molecule has 0 bridgehead atoms. The Hall–Kier alpha value is -1.19. The molecule has 0 saturated heterocycles. The molecule has 0 aromatic carbocycles. The Morgan fingerprint density at radius 2 is 1.38 bits per heavy atom. The number of rotatable bonds is 15. The molecule has 0 radical (unpaired) electrons. The summed E-state index contributed by atoms with van der Waals surface area (Å²) in [7, 11) is -5.30. The number of hydrogen-bond donors (Lipinski definition) is 1. The van der Waals surface area contributed by atoms with Gasteiger partial charge in [0.15, 0.2) is 6.10 Å². The quantitative estimate of drug-likeness (QED) is 0.0581. The zero-order chi connectivity index (χ0) is 25.5. The molecule has 37 heavy (non-hydrogen) atoms. The molecule has 0 aromatic heterocycles. The van der Waals surface area contributed by atoms with E-state index in [9.17, 15) is 23.9 Å². The molecule has 0 saturated carbocycles. The van der Waals surface area contributed by atoms with Gasteiger partial charge in [-0.1, -0.05) is 51.9 Å². The van der Waals surface area contributed by atoms with Crippen molar-refractivity contribution in [3.05, 3.63) is 0 Å².